The Morgan fingerprint density at radius 3 is 2.96 bits per heavy atom. The summed E-state index contributed by atoms with van der Waals surface area (Å²) in [6, 6.07) is 4.13. The predicted octanol–water partition coefficient (Wildman–Crippen LogP) is 2.12. The molecule has 0 aromatic carbocycles. The second-order valence-corrected chi connectivity index (χ2v) is 7.18. The molecule has 0 saturated carbocycles. The summed E-state index contributed by atoms with van der Waals surface area (Å²) in [4.78, 5) is 25.2. The zero-order valence-corrected chi connectivity index (χ0v) is 13.7. The van der Waals surface area contributed by atoms with Crippen LogP contribution in [0, 0.1) is 5.92 Å². The van der Waals surface area contributed by atoms with Crippen LogP contribution in [0.2, 0.25) is 0 Å². The molecule has 6 nitrogen and oxygen atoms in total. The highest BCUT2D eigenvalue weighted by Crippen LogP contribution is 2.34. The first-order valence-corrected chi connectivity index (χ1v) is 8.99. The van der Waals surface area contributed by atoms with E-state index in [1.54, 1.807) is 23.0 Å². The van der Waals surface area contributed by atoms with Crippen LogP contribution in [-0.4, -0.2) is 52.6 Å². The predicted molar refractivity (Wildman–Crippen MR) is 89.1 cm³/mol. The third-order valence-electron chi connectivity index (χ3n) is 4.71. The third-order valence-corrected chi connectivity index (χ3v) is 5.75. The fraction of sp³-hybridized carbons (Fsp3) is 0.500. The van der Waals surface area contributed by atoms with E-state index in [0.29, 0.717) is 11.8 Å². The number of carbonyl (C=O) groups is 1. The monoisotopic (exact) mass is 332 g/mol. The molecule has 5 rings (SSSR count). The number of hydroxylamine groups is 2. The Morgan fingerprint density at radius 2 is 2.26 bits per heavy atom. The fourth-order valence-corrected chi connectivity index (χ4v) is 4.34. The molecule has 1 aromatic heterocycles. The Morgan fingerprint density at radius 1 is 1.39 bits per heavy atom. The number of hydrogen-bond acceptors (Lipinski definition) is 6. The average molecular weight is 332 g/mol. The molecule has 0 aliphatic carbocycles. The van der Waals surface area contributed by atoms with Gasteiger partial charge in [-0.1, -0.05) is 17.8 Å². The van der Waals surface area contributed by atoms with E-state index in [0.717, 1.165) is 30.1 Å². The molecular formula is C16H20N4O2S. The van der Waals surface area contributed by atoms with E-state index < -0.39 is 0 Å². The molecule has 0 unspecified atom stereocenters. The van der Waals surface area contributed by atoms with Gasteiger partial charge in [0, 0.05) is 35.4 Å². The number of aromatic nitrogens is 1. The Labute approximate surface area is 139 Å². The summed E-state index contributed by atoms with van der Waals surface area (Å²) >= 11 is 1.64. The molecule has 122 valence electrons. The van der Waals surface area contributed by atoms with Crippen molar-refractivity contribution in [1.29, 1.82) is 0 Å². The molecule has 3 saturated heterocycles. The minimum atomic E-state index is -0.354. The number of pyridine rings is 1. The number of piperidine rings is 3. The largest absolute Gasteiger partial charge is 0.431 e. The molecule has 0 radical (unpaired) electrons. The topological polar surface area (TPSA) is 57.7 Å². The SMILES string of the molecule is O=C(N[C@H]1CN2CCC1CC2)ON1C=C(c2cccnc2)SC1. The maximum Gasteiger partial charge on any atom is 0.431 e. The normalized spacial score (nSPS) is 29.3. The lowest BCUT2D eigenvalue weighted by Gasteiger charge is -2.44. The summed E-state index contributed by atoms with van der Waals surface area (Å²) < 4.78 is 0. The number of hydrogen-bond donors (Lipinski definition) is 1. The van der Waals surface area contributed by atoms with Crippen LogP contribution in [0.3, 0.4) is 0 Å². The Hall–Kier alpha value is -1.73. The van der Waals surface area contributed by atoms with Crippen molar-refractivity contribution in [2.75, 3.05) is 25.5 Å². The first kappa shape index (κ1) is 14.8. The molecule has 1 N–H and O–H groups in total. The van der Waals surface area contributed by atoms with Gasteiger partial charge in [0.15, 0.2) is 0 Å². The van der Waals surface area contributed by atoms with E-state index in [1.165, 1.54) is 12.8 Å². The van der Waals surface area contributed by atoms with Crippen LogP contribution in [0.15, 0.2) is 30.7 Å². The van der Waals surface area contributed by atoms with Gasteiger partial charge in [0.1, 0.15) is 5.88 Å². The maximum absolute atomic E-state index is 12.1. The van der Waals surface area contributed by atoms with Crippen molar-refractivity contribution in [1.82, 2.24) is 20.3 Å². The summed E-state index contributed by atoms with van der Waals surface area (Å²) in [5.74, 6) is 1.21. The molecular weight excluding hydrogens is 312 g/mol. The highest BCUT2D eigenvalue weighted by Gasteiger charge is 2.35. The molecule has 3 fully saturated rings. The van der Waals surface area contributed by atoms with E-state index in [9.17, 15) is 4.79 Å². The minimum Gasteiger partial charge on any atom is -0.321 e. The number of fused-ring (bicyclic) bond motifs is 3. The zero-order chi connectivity index (χ0) is 15.6. The molecule has 2 bridgehead atoms. The van der Waals surface area contributed by atoms with Gasteiger partial charge < -0.3 is 15.1 Å². The van der Waals surface area contributed by atoms with Gasteiger partial charge in [-0.3, -0.25) is 4.98 Å². The average Bonchev–Trinajstić information content (AvgIpc) is 3.05. The summed E-state index contributed by atoms with van der Waals surface area (Å²) in [6.45, 7) is 3.28. The number of nitrogens with one attached hydrogen (secondary N) is 1. The smallest absolute Gasteiger partial charge is 0.321 e. The van der Waals surface area contributed by atoms with E-state index in [-0.39, 0.29) is 12.1 Å². The van der Waals surface area contributed by atoms with Gasteiger partial charge in [0.2, 0.25) is 0 Å². The van der Waals surface area contributed by atoms with E-state index in [4.69, 9.17) is 4.84 Å². The third kappa shape index (κ3) is 3.30. The lowest BCUT2D eigenvalue weighted by atomic mass is 9.84. The van der Waals surface area contributed by atoms with Crippen molar-refractivity contribution in [3.05, 3.63) is 36.3 Å². The van der Waals surface area contributed by atoms with Crippen LogP contribution in [0.1, 0.15) is 18.4 Å². The maximum atomic E-state index is 12.1. The van der Waals surface area contributed by atoms with E-state index in [1.807, 2.05) is 24.5 Å². The standard InChI is InChI=1S/C16H20N4O2S/c21-16(18-14-9-19-6-3-12(14)4-7-19)22-20-10-15(23-11-20)13-2-1-5-17-8-13/h1-2,5,8,10,12,14H,3-4,6-7,9,11H2,(H,18,21)/t14-/m0/s1. The number of rotatable bonds is 3. The van der Waals surface area contributed by atoms with Crippen LogP contribution < -0.4 is 5.32 Å². The summed E-state index contributed by atoms with van der Waals surface area (Å²) in [5, 5.41) is 4.62. The van der Waals surface area contributed by atoms with Crippen LogP contribution in [0.25, 0.3) is 4.91 Å². The van der Waals surface area contributed by atoms with Gasteiger partial charge >= 0.3 is 6.09 Å². The van der Waals surface area contributed by atoms with Crippen molar-refractivity contribution >= 4 is 22.8 Å². The van der Waals surface area contributed by atoms with Gasteiger partial charge in [-0.05, 0) is 37.9 Å². The zero-order valence-electron chi connectivity index (χ0n) is 12.9. The summed E-state index contributed by atoms with van der Waals surface area (Å²) in [5.41, 5.74) is 1.04. The minimum absolute atomic E-state index is 0.224. The Bertz CT molecular complexity index is 601. The molecule has 4 aliphatic heterocycles. The molecule has 1 amide bonds. The molecule has 4 aliphatic rings. The van der Waals surface area contributed by atoms with Crippen molar-refractivity contribution < 1.29 is 9.63 Å². The van der Waals surface area contributed by atoms with Gasteiger partial charge in [0.25, 0.3) is 0 Å². The Balaban J connectivity index is 1.32. The quantitative estimate of drug-likeness (QED) is 0.915. The second kappa shape index (κ2) is 6.41. The first-order chi connectivity index (χ1) is 11.3. The van der Waals surface area contributed by atoms with Crippen LogP contribution >= 0.6 is 11.8 Å². The fourth-order valence-electron chi connectivity index (χ4n) is 3.47. The van der Waals surface area contributed by atoms with E-state index >= 15 is 0 Å². The second-order valence-electron chi connectivity index (χ2n) is 6.19. The lowest BCUT2D eigenvalue weighted by Crippen LogP contribution is -2.57. The lowest BCUT2D eigenvalue weighted by molar-refractivity contribution is -0.0442. The van der Waals surface area contributed by atoms with Crippen molar-refractivity contribution in [3.8, 4) is 0 Å². The molecule has 1 atom stereocenters. The molecule has 0 spiro atoms. The highest BCUT2D eigenvalue weighted by molar-refractivity contribution is 8.08. The Kier molecular flexibility index (Phi) is 4.13. The van der Waals surface area contributed by atoms with Gasteiger partial charge in [-0.15, -0.1) is 0 Å². The van der Waals surface area contributed by atoms with Crippen molar-refractivity contribution in [2.24, 2.45) is 5.92 Å². The molecule has 5 heterocycles. The number of thioether (sulfide) groups is 1. The number of amides is 1. The number of nitrogens with zero attached hydrogens (tertiary/aromatic N) is 3. The highest BCUT2D eigenvalue weighted by atomic mass is 32.2. The summed E-state index contributed by atoms with van der Waals surface area (Å²) in [6.07, 6.45) is 7.42. The molecule has 7 heteroatoms. The number of carbonyl (C=O) groups excluding carboxylic acids is 1. The van der Waals surface area contributed by atoms with Crippen molar-refractivity contribution in [3.63, 3.8) is 0 Å². The van der Waals surface area contributed by atoms with Crippen LogP contribution in [-0.2, 0) is 4.84 Å². The van der Waals surface area contributed by atoms with Crippen molar-refractivity contribution in [2.45, 2.75) is 18.9 Å². The van der Waals surface area contributed by atoms with Gasteiger partial charge in [-0.25, -0.2) is 9.86 Å². The summed E-state index contributed by atoms with van der Waals surface area (Å²) in [7, 11) is 0. The molecule has 1 aromatic rings. The van der Waals surface area contributed by atoms with E-state index in [2.05, 4.69) is 15.2 Å². The molecule has 23 heavy (non-hydrogen) atoms. The van der Waals surface area contributed by atoms with Crippen LogP contribution in [0.4, 0.5) is 4.79 Å². The van der Waals surface area contributed by atoms with Crippen LogP contribution in [0.5, 0.6) is 0 Å². The van der Waals surface area contributed by atoms with Gasteiger partial charge in [-0.2, -0.15) is 0 Å². The first-order valence-electron chi connectivity index (χ1n) is 8.00. The van der Waals surface area contributed by atoms with Gasteiger partial charge in [0.05, 0.1) is 6.20 Å².